The molecule has 2 N–H and O–H groups in total. The Morgan fingerprint density at radius 1 is 1.10 bits per heavy atom. The lowest BCUT2D eigenvalue weighted by molar-refractivity contribution is 0.617. The summed E-state index contributed by atoms with van der Waals surface area (Å²) in [4.78, 5) is 9.10. The Balaban J connectivity index is 1.90. The number of nitrogens with zero attached hydrogens (tertiary/aromatic N) is 2. The normalized spacial score (nSPS) is 16.5. The van der Waals surface area contributed by atoms with E-state index in [9.17, 15) is 0 Å². The van der Waals surface area contributed by atoms with E-state index in [1.807, 2.05) is 6.92 Å². The minimum Gasteiger partial charge on any atom is -0.367 e. The van der Waals surface area contributed by atoms with Gasteiger partial charge in [-0.2, -0.15) is 4.98 Å². The molecule has 0 unspecified atom stereocenters. The average molecular weight is 290 g/mol. The second-order valence-electron chi connectivity index (χ2n) is 6.18. The third-order valence-corrected chi connectivity index (χ3v) is 4.12. The van der Waals surface area contributed by atoms with Gasteiger partial charge in [0.05, 0.1) is 0 Å². The molecule has 1 aliphatic rings. The molecule has 0 atom stereocenters. The predicted molar refractivity (Wildman–Crippen MR) is 89.9 cm³/mol. The summed E-state index contributed by atoms with van der Waals surface area (Å²) >= 11 is 0. The highest BCUT2D eigenvalue weighted by Gasteiger charge is 2.13. The molecule has 4 heteroatoms. The van der Waals surface area contributed by atoms with Crippen LogP contribution in [0.4, 0.5) is 11.8 Å². The van der Waals surface area contributed by atoms with Gasteiger partial charge in [0.15, 0.2) is 0 Å². The van der Waals surface area contributed by atoms with Crippen molar-refractivity contribution < 1.29 is 0 Å². The predicted octanol–water partition coefficient (Wildman–Crippen LogP) is 4.52. The van der Waals surface area contributed by atoms with Crippen molar-refractivity contribution in [1.82, 2.24) is 9.97 Å². The summed E-state index contributed by atoms with van der Waals surface area (Å²) < 4.78 is 0. The Labute approximate surface area is 129 Å². The molecule has 0 aliphatic heterocycles. The van der Waals surface area contributed by atoms with Crippen LogP contribution in [-0.4, -0.2) is 22.6 Å². The van der Waals surface area contributed by atoms with E-state index in [1.54, 1.807) is 0 Å². The van der Waals surface area contributed by atoms with Crippen molar-refractivity contribution >= 4 is 11.8 Å². The Kier molecular flexibility index (Phi) is 6.77. The van der Waals surface area contributed by atoms with Crippen LogP contribution in [0.2, 0.25) is 0 Å². The fourth-order valence-corrected chi connectivity index (χ4v) is 2.93. The summed E-state index contributed by atoms with van der Waals surface area (Å²) in [5, 5.41) is 6.96. The van der Waals surface area contributed by atoms with Crippen LogP contribution in [0.1, 0.15) is 70.4 Å². The maximum Gasteiger partial charge on any atom is 0.224 e. The minimum atomic E-state index is 0.578. The van der Waals surface area contributed by atoms with Crippen molar-refractivity contribution in [3.05, 3.63) is 11.8 Å². The molecular formula is C17H30N4. The smallest absolute Gasteiger partial charge is 0.224 e. The molecule has 4 nitrogen and oxygen atoms in total. The van der Waals surface area contributed by atoms with Gasteiger partial charge in [0.2, 0.25) is 5.95 Å². The van der Waals surface area contributed by atoms with Crippen LogP contribution in [-0.2, 0) is 0 Å². The van der Waals surface area contributed by atoms with E-state index in [1.165, 1.54) is 57.8 Å². The summed E-state index contributed by atoms with van der Waals surface area (Å²) in [6.45, 7) is 5.22. The quantitative estimate of drug-likeness (QED) is 0.572. The number of rotatable bonds is 7. The van der Waals surface area contributed by atoms with Crippen molar-refractivity contribution in [2.45, 2.75) is 77.7 Å². The lowest BCUT2D eigenvalue weighted by Gasteiger charge is -2.17. The van der Waals surface area contributed by atoms with Crippen LogP contribution in [0.5, 0.6) is 0 Å². The van der Waals surface area contributed by atoms with E-state index >= 15 is 0 Å². The number of anilines is 2. The highest BCUT2D eigenvalue weighted by Crippen LogP contribution is 2.21. The number of aryl methyl sites for hydroxylation is 1. The van der Waals surface area contributed by atoms with Gasteiger partial charge in [0, 0.05) is 24.3 Å². The summed E-state index contributed by atoms with van der Waals surface area (Å²) in [6, 6.07) is 2.64. The van der Waals surface area contributed by atoms with Crippen molar-refractivity contribution in [2.24, 2.45) is 0 Å². The van der Waals surface area contributed by atoms with Crippen LogP contribution in [0.15, 0.2) is 6.07 Å². The molecular weight excluding hydrogens is 260 g/mol. The molecule has 1 aliphatic carbocycles. The van der Waals surface area contributed by atoms with Crippen molar-refractivity contribution in [3.8, 4) is 0 Å². The monoisotopic (exact) mass is 290 g/mol. The molecule has 0 amide bonds. The van der Waals surface area contributed by atoms with Gasteiger partial charge in [-0.15, -0.1) is 0 Å². The zero-order chi connectivity index (χ0) is 14.9. The first-order chi connectivity index (χ1) is 10.3. The Hall–Kier alpha value is -1.32. The van der Waals surface area contributed by atoms with E-state index in [4.69, 9.17) is 0 Å². The molecule has 0 spiro atoms. The van der Waals surface area contributed by atoms with Crippen molar-refractivity contribution in [1.29, 1.82) is 0 Å². The SMILES string of the molecule is CCCCCNc1nc(C)cc(NC2CCCCCC2)n1. The zero-order valence-electron chi connectivity index (χ0n) is 13.6. The Bertz CT molecular complexity index is 411. The molecule has 0 bridgehead atoms. The highest BCUT2D eigenvalue weighted by atomic mass is 15.1. The lowest BCUT2D eigenvalue weighted by Crippen LogP contribution is -2.20. The van der Waals surface area contributed by atoms with Crippen LogP contribution < -0.4 is 10.6 Å². The molecule has 1 aromatic rings. The number of hydrogen-bond acceptors (Lipinski definition) is 4. The van der Waals surface area contributed by atoms with Crippen LogP contribution >= 0.6 is 0 Å². The molecule has 118 valence electrons. The van der Waals surface area contributed by atoms with Crippen LogP contribution in [0.3, 0.4) is 0 Å². The first kappa shape index (κ1) is 16.1. The third kappa shape index (κ3) is 5.90. The fourth-order valence-electron chi connectivity index (χ4n) is 2.93. The molecule has 21 heavy (non-hydrogen) atoms. The molecule has 2 rings (SSSR count). The molecule has 0 aromatic carbocycles. The standard InChI is InChI=1S/C17H30N4/c1-3-4-9-12-18-17-19-14(2)13-16(21-17)20-15-10-7-5-6-8-11-15/h13,15H,3-12H2,1-2H3,(H2,18,19,20,21). The first-order valence-electron chi connectivity index (χ1n) is 8.64. The molecule has 0 saturated heterocycles. The number of unbranched alkanes of at least 4 members (excludes halogenated alkanes) is 2. The molecule has 1 aromatic heterocycles. The van der Waals surface area contributed by atoms with Gasteiger partial charge in [0.1, 0.15) is 5.82 Å². The van der Waals surface area contributed by atoms with Gasteiger partial charge >= 0.3 is 0 Å². The minimum absolute atomic E-state index is 0.578. The largest absolute Gasteiger partial charge is 0.367 e. The topological polar surface area (TPSA) is 49.8 Å². The van der Waals surface area contributed by atoms with Crippen LogP contribution in [0, 0.1) is 6.92 Å². The van der Waals surface area contributed by atoms with E-state index < -0.39 is 0 Å². The van der Waals surface area contributed by atoms with E-state index in [-0.39, 0.29) is 0 Å². The second kappa shape index (κ2) is 8.85. The molecule has 1 fully saturated rings. The number of hydrogen-bond donors (Lipinski definition) is 2. The van der Waals surface area contributed by atoms with Crippen molar-refractivity contribution in [2.75, 3.05) is 17.2 Å². The molecule has 0 radical (unpaired) electrons. The molecule has 1 saturated carbocycles. The summed E-state index contributed by atoms with van der Waals surface area (Å²) in [5.41, 5.74) is 1.03. The first-order valence-corrected chi connectivity index (χ1v) is 8.64. The van der Waals surface area contributed by atoms with Gasteiger partial charge < -0.3 is 10.6 Å². The van der Waals surface area contributed by atoms with E-state index in [0.29, 0.717) is 6.04 Å². The fraction of sp³-hybridized carbons (Fsp3) is 0.765. The van der Waals surface area contributed by atoms with Crippen LogP contribution in [0.25, 0.3) is 0 Å². The second-order valence-corrected chi connectivity index (χ2v) is 6.18. The lowest BCUT2D eigenvalue weighted by atomic mass is 10.1. The average Bonchev–Trinajstić information content (AvgIpc) is 2.72. The van der Waals surface area contributed by atoms with E-state index in [2.05, 4.69) is 33.6 Å². The van der Waals surface area contributed by atoms with Gasteiger partial charge in [0.25, 0.3) is 0 Å². The van der Waals surface area contributed by atoms with E-state index in [0.717, 1.165) is 24.0 Å². The maximum atomic E-state index is 4.62. The summed E-state index contributed by atoms with van der Waals surface area (Å²) in [6.07, 6.45) is 11.6. The number of aromatic nitrogens is 2. The summed E-state index contributed by atoms with van der Waals surface area (Å²) in [7, 11) is 0. The van der Waals surface area contributed by atoms with Gasteiger partial charge in [-0.05, 0) is 26.2 Å². The Morgan fingerprint density at radius 3 is 2.57 bits per heavy atom. The number of nitrogens with one attached hydrogen (secondary N) is 2. The molecule has 1 heterocycles. The van der Waals surface area contributed by atoms with Gasteiger partial charge in [-0.3, -0.25) is 0 Å². The maximum absolute atomic E-state index is 4.62. The third-order valence-electron chi connectivity index (χ3n) is 4.12. The van der Waals surface area contributed by atoms with Gasteiger partial charge in [-0.25, -0.2) is 4.98 Å². The zero-order valence-corrected chi connectivity index (χ0v) is 13.6. The highest BCUT2D eigenvalue weighted by molar-refractivity contribution is 5.42. The Morgan fingerprint density at radius 2 is 1.86 bits per heavy atom. The van der Waals surface area contributed by atoms with Gasteiger partial charge in [-0.1, -0.05) is 45.4 Å². The summed E-state index contributed by atoms with van der Waals surface area (Å²) in [5.74, 6) is 1.75. The van der Waals surface area contributed by atoms with Crippen molar-refractivity contribution in [3.63, 3.8) is 0 Å².